The molecule has 5 aliphatic rings. The molecule has 4 fully saturated rings. The van der Waals surface area contributed by atoms with Gasteiger partial charge < -0.3 is 34.4 Å². The molecule has 1 spiro atoms. The first-order valence-corrected chi connectivity index (χ1v) is 30.9. The van der Waals surface area contributed by atoms with Crippen LogP contribution in [0.1, 0.15) is 162 Å². The number of fused-ring (bicyclic) bond motifs is 7. The van der Waals surface area contributed by atoms with Crippen LogP contribution >= 0.6 is 22.9 Å². The lowest BCUT2D eigenvalue weighted by molar-refractivity contribution is -0.144. The molecule has 4 atom stereocenters. The lowest BCUT2D eigenvalue weighted by Crippen LogP contribution is -2.51. The summed E-state index contributed by atoms with van der Waals surface area (Å²) >= 11 is 8.26. The fourth-order valence-electron chi connectivity index (χ4n) is 14.1. The van der Waals surface area contributed by atoms with E-state index in [2.05, 4.69) is 55.3 Å². The zero-order valence-electron chi connectivity index (χ0n) is 47.8. The summed E-state index contributed by atoms with van der Waals surface area (Å²) in [6, 6.07) is 19.0. The van der Waals surface area contributed by atoms with Gasteiger partial charge in [-0.2, -0.15) is 4.98 Å². The largest absolute Gasteiger partial charge is 0.391 e. The standard InChI is InChI=1S/C63H80ClN9O7S/c1-40-56(81-39-65-40)45-18-16-43(17-19-45)50(24-29-79-32-33-80-31-30-78-5)66-58(75)54-35-47(74)37-71(54)60(77)57(62(2,3)4)72-38-51(68-69-72)44-14-12-41(13-15-44)36-70-27-22-42(23-28-70)46-20-21-48-53(34-46)73-52-11-9-10-49(64)55(52)59(76)67-61(73)63(48)25-7-6-8-26-63/h9-11,16-21,34,38-39,41-42,44,47,50,54,57,74H,6-8,12-15,22-33,35-37H2,1-5H3,(H,66,75)/t41?,44?,47-,50+,54+,57-/m1/s1. The van der Waals surface area contributed by atoms with Crippen LogP contribution in [0.5, 0.6) is 0 Å². The first kappa shape index (κ1) is 57.4. The number of likely N-dealkylation sites (tertiary alicyclic amines) is 2. The first-order valence-electron chi connectivity index (χ1n) is 29.6. The molecule has 6 heterocycles. The van der Waals surface area contributed by atoms with Crippen molar-refractivity contribution in [3.8, 4) is 16.1 Å². The third-order valence-corrected chi connectivity index (χ3v) is 19.6. The third kappa shape index (κ3) is 12.1. The number of benzene rings is 3. The number of amides is 2. The molecule has 0 radical (unpaired) electrons. The summed E-state index contributed by atoms with van der Waals surface area (Å²) in [5.74, 6) is 1.62. The maximum absolute atomic E-state index is 14.9. The van der Waals surface area contributed by atoms with Crippen LogP contribution in [-0.4, -0.2) is 135 Å². The zero-order chi connectivity index (χ0) is 56.4. The van der Waals surface area contributed by atoms with Crippen LogP contribution in [0, 0.1) is 18.3 Å². The Labute approximate surface area is 484 Å². The van der Waals surface area contributed by atoms with Crippen molar-refractivity contribution in [1.82, 2.24) is 44.6 Å². The first-order chi connectivity index (χ1) is 39.2. The number of aliphatic hydroxyl groups excluding tert-OH is 1. The topological polar surface area (TPSA) is 179 Å². The predicted octanol–water partition coefficient (Wildman–Crippen LogP) is 10.3. The molecule has 3 aliphatic heterocycles. The molecule has 16 nitrogen and oxygen atoms in total. The van der Waals surface area contributed by atoms with Gasteiger partial charge in [0.2, 0.25) is 11.8 Å². The molecule has 0 unspecified atom stereocenters. The second-order valence-corrected chi connectivity index (χ2v) is 25.9. The summed E-state index contributed by atoms with van der Waals surface area (Å²) in [5.41, 5.74) is 9.33. The van der Waals surface area contributed by atoms with Crippen molar-refractivity contribution in [2.75, 3.05) is 66.3 Å². The van der Waals surface area contributed by atoms with Crippen molar-refractivity contribution < 1.29 is 28.9 Å². The van der Waals surface area contributed by atoms with Crippen molar-refractivity contribution in [3.05, 3.63) is 122 Å². The predicted molar refractivity (Wildman–Crippen MR) is 315 cm³/mol. The van der Waals surface area contributed by atoms with E-state index in [4.69, 9.17) is 35.9 Å². The Bertz CT molecular complexity index is 3220. The van der Waals surface area contributed by atoms with E-state index in [0.29, 0.717) is 61.7 Å². The minimum absolute atomic E-state index is 0.0475. The summed E-state index contributed by atoms with van der Waals surface area (Å²) in [7, 11) is 1.64. The lowest BCUT2D eigenvalue weighted by atomic mass is 9.69. The monoisotopic (exact) mass is 1140 g/mol. The van der Waals surface area contributed by atoms with Gasteiger partial charge in [0.05, 0.1) is 87.4 Å². The molecule has 2 amide bonds. The van der Waals surface area contributed by atoms with Crippen molar-refractivity contribution in [2.24, 2.45) is 11.3 Å². The number of thiazole rings is 1. The maximum atomic E-state index is 14.9. The van der Waals surface area contributed by atoms with Gasteiger partial charge in [-0.25, -0.2) is 9.67 Å². The summed E-state index contributed by atoms with van der Waals surface area (Å²) in [6.45, 7) is 13.5. The molecule has 2 saturated heterocycles. The van der Waals surface area contributed by atoms with E-state index in [-0.39, 0.29) is 41.7 Å². The average molecular weight is 1140 g/mol. The Kier molecular flexibility index (Phi) is 17.6. The van der Waals surface area contributed by atoms with Gasteiger partial charge in [0.25, 0.3) is 5.56 Å². The molecule has 3 aromatic carbocycles. The number of β-amino-alcohol motifs (C(OH)–C–C–N with tert-alkyl or cyclic N) is 1. The van der Waals surface area contributed by atoms with Crippen molar-refractivity contribution in [1.29, 1.82) is 0 Å². The van der Waals surface area contributed by atoms with Crippen LogP contribution in [0.15, 0.2) is 77.2 Å². The molecular weight excluding hydrogens is 1060 g/mol. The Hall–Kier alpha value is -5.40. The molecule has 432 valence electrons. The number of rotatable bonds is 19. The Morgan fingerprint density at radius 1 is 0.914 bits per heavy atom. The number of aryl methyl sites for hydroxylation is 1. The molecule has 2 aliphatic carbocycles. The second kappa shape index (κ2) is 24.8. The van der Waals surface area contributed by atoms with E-state index in [1.165, 1.54) is 23.2 Å². The van der Waals surface area contributed by atoms with Crippen LogP contribution in [0.2, 0.25) is 5.02 Å². The molecule has 2 saturated carbocycles. The molecule has 11 rings (SSSR count). The Balaban J connectivity index is 0.706. The average Bonchev–Trinajstić information content (AvgIpc) is 4.47. The Morgan fingerprint density at radius 2 is 1.65 bits per heavy atom. The van der Waals surface area contributed by atoms with Gasteiger partial charge >= 0.3 is 0 Å². The lowest BCUT2D eigenvalue weighted by Gasteiger charge is -2.37. The molecular formula is C63H80ClN9O7S. The molecule has 6 aromatic rings. The Morgan fingerprint density at radius 3 is 2.37 bits per heavy atom. The third-order valence-electron chi connectivity index (χ3n) is 18.3. The van der Waals surface area contributed by atoms with Gasteiger partial charge in [-0.05, 0) is 136 Å². The van der Waals surface area contributed by atoms with Crippen molar-refractivity contribution >= 4 is 45.7 Å². The zero-order valence-corrected chi connectivity index (χ0v) is 49.4. The molecule has 2 N–H and O–H groups in total. The van der Waals surface area contributed by atoms with Gasteiger partial charge in [0.15, 0.2) is 0 Å². The highest BCUT2D eigenvalue weighted by atomic mass is 35.5. The summed E-state index contributed by atoms with van der Waals surface area (Å²) in [4.78, 5) is 57.5. The van der Waals surface area contributed by atoms with Crippen LogP contribution in [-0.2, 0) is 29.2 Å². The minimum Gasteiger partial charge on any atom is -0.391 e. The maximum Gasteiger partial charge on any atom is 0.282 e. The van der Waals surface area contributed by atoms with Gasteiger partial charge in [0.1, 0.15) is 17.9 Å². The number of hydrogen-bond acceptors (Lipinski definition) is 13. The molecule has 81 heavy (non-hydrogen) atoms. The van der Waals surface area contributed by atoms with Crippen molar-refractivity contribution in [2.45, 2.75) is 153 Å². The number of hydrogen-bond donors (Lipinski definition) is 2. The highest BCUT2D eigenvalue weighted by molar-refractivity contribution is 7.13. The fourth-order valence-corrected chi connectivity index (χ4v) is 15.1. The summed E-state index contributed by atoms with van der Waals surface area (Å²) in [6.07, 6.45) is 13.6. The van der Waals surface area contributed by atoms with E-state index in [1.54, 1.807) is 34.1 Å². The number of aromatic nitrogens is 6. The van der Waals surface area contributed by atoms with E-state index in [9.17, 15) is 19.5 Å². The van der Waals surface area contributed by atoms with Gasteiger partial charge in [-0.3, -0.25) is 19.0 Å². The molecule has 18 heteroatoms. The molecule has 0 bridgehead atoms. The van der Waals surface area contributed by atoms with E-state index in [1.807, 2.05) is 63.7 Å². The number of aliphatic hydroxyl groups is 1. The van der Waals surface area contributed by atoms with Crippen LogP contribution < -0.4 is 10.9 Å². The van der Waals surface area contributed by atoms with Crippen LogP contribution in [0.4, 0.5) is 0 Å². The number of carbonyl (C=O) groups is 2. The summed E-state index contributed by atoms with van der Waals surface area (Å²) < 4.78 is 20.6. The smallest absolute Gasteiger partial charge is 0.282 e. The minimum atomic E-state index is -0.877. The van der Waals surface area contributed by atoms with E-state index < -0.39 is 29.6 Å². The quantitative estimate of drug-likeness (QED) is 0.0735. The van der Waals surface area contributed by atoms with Crippen LogP contribution in [0.25, 0.3) is 27.0 Å². The fraction of sp³-hybridized carbons (Fsp3) is 0.571. The van der Waals surface area contributed by atoms with Gasteiger partial charge in [0, 0.05) is 45.3 Å². The second-order valence-electron chi connectivity index (χ2n) is 24.7. The van der Waals surface area contributed by atoms with Gasteiger partial charge in [-0.1, -0.05) is 99.3 Å². The highest BCUT2D eigenvalue weighted by Gasteiger charge is 2.48. The number of methoxy groups -OCH3 is 1. The number of nitrogens with one attached hydrogen (secondary N) is 1. The number of ether oxygens (including phenoxy) is 3. The number of piperidine rings is 1. The summed E-state index contributed by atoms with van der Waals surface area (Å²) in [5, 5.41) is 24.7. The highest BCUT2D eigenvalue weighted by Crippen LogP contribution is 2.52. The molecule has 3 aromatic heterocycles. The number of halogens is 1. The van der Waals surface area contributed by atoms with E-state index >= 15 is 0 Å². The normalized spacial score (nSPS) is 22.0. The number of carbonyl (C=O) groups excluding carboxylic acids is 2. The van der Waals surface area contributed by atoms with Gasteiger partial charge in [-0.15, -0.1) is 16.4 Å². The van der Waals surface area contributed by atoms with Crippen molar-refractivity contribution in [3.63, 3.8) is 0 Å². The van der Waals surface area contributed by atoms with E-state index in [0.717, 1.165) is 123 Å². The number of nitrogens with zero attached hydrogens (tertiary/aromatic N) is 8. The SMILES string of the molecule is COCCOCCOCC[C@H](NC(=O)[C@@H]1C[C@@H](O)CN1C(=O)[C@@H](n1cc(C2CCC(CN3CCC(c4ccc5c(c4)-n4c(nc(=O)c6c(Cl)cccc64)C54CCCCC4)CC3)CC2)nn1)C(C)(C)C)c1ccc(-c2scnc2C)cc1. The van der Waals surface area contributed by atoms with Crippen LogP contribution in [0.3, 0.4) is 0 Å².